The number of rotatable bonds is 7. The van der Waals surface area contributed by atoms with Gasteiger partial charge in [-0.1, -0.05) is 23.7 Å². The van der Waals surface area contributed by atoms with Crippen molar-refractivity contribution in [3.63, 3.8) is 0 Å². The minimum Gasteiger partial charge on any atom is -0.320 e. The number of hydrogen-bond acceptors (Lipinski definition) is 4. The van der Waals surface area contributed by atoms with Crippen molar-refractivity contribution in [3.8, 4) is 0 Å². The van der Waals surface area contributed by atoms with E-state index < -0.39 is 0 Å². The standard InChI is InChI=1S/C16H21ClN4O2/c1-16(2,20-19-13-7-4-3-6-12(13)17)9-5-10-21-11-8-14(22)18-15(21)23/h3-4,6-8,11,19-20H,5,9-10H2,1-2H3,(H,18,22,23). The van der Waals surface area contributed by atoms with Crippen LogP contribution in [0.1, 0.15) is 26.7 Å². The maximum atomic E-state index is 11.6. The van der Waals surface area contributed by atoms with Crippen LogP contribution in [0.2, 0.25) is 5.02 Å². The van der Waals surface area contributed by atoms with Crippen molar-refractivity contribution in [2.75, 3.05) is 5.43 Å². The highest BCUT2D eigenvalue weighted by Crippen LogP contribution is 2.20. The SMILES string of the molecule is CC(C)(CCCn1ccc(=O)[nH]c1=O)NNc1ccccc1Cl. The summed E-state index contributed by atoms with van der Waals surface area (Å²) >= 11 is 6.10. The van der Waals surface area contributed by atoms with Crippen LogP contribution in [0.4, 0.5) is 5.69 Å². The maximum Gasteiger partial charge on any atom is 0.328 e. The predicted octanol–water partition coefficient (Wildman–Crippen LogP) is 2.37. The molecular formula is C16H21ClN4O2. The van der Waals surface area contributed by atoms with Crippen LogP contribution in [0.15, 0.2) is 46.1 Å². The van der Waals surface area contributed by atoms with Crippen LogP contribution in [-0.4, -0.2) is 15.1 Å². The predicted molar refractivity (Wildman–Crippen MR) is 92.8 cm³/mol. The normalized spacial score (nSPS) is 11.4. The molecule has 124 valence electrons. The third kappa shape index (κ3) is 5.26. The van der Waals surface area contributed by atoms with E-state index in [4.69, 9.17) is 11.6 Å². The number of hydrazine groups is 1. The summed E-state index contributed by atoms with van der Waals surface area (Å²) in [5, 5.41) is 0.649. The Bertz CT molecular complexity index is 767. The van der Waals surface area contributed by atoms with Crippen LogP contribution >= 0.6 is 11.6 Å². The lowest BCUT2D eigenvalue weighted by atomic mass is 9.99. The largest absolute Gasteiger partial charge is 0.328 e. The summed E-state index contributed by atoms with van der Waals surface area (Å²) in [5.74, 6) is 0. The van der Waals surface area contributed by atoms with Gasteiger partial charge < -0.3 is 9.99 Å². The monoisotopic (exact) mass is 336 g/mol. The minimum atomic E-state index is -0.378. The number of aromatic nitrogens is 2. The molecule has 1 aromatic carbocycles. The molecule has 1 heterocycles. The van der Waals surface area contributed by atoms with Crippen LogP contribution in [0.25, 0.3) is 0 Å². The minimum absolute atomic E-state index is 0.190. The molecule has 3 N–H and O–H groups in total. The second kappa shape index (κ2) is 7.48. The van der Waals surface area contributed by atoms with Gasteiger partial charge in [0.2, 0.25) is 0 Å². The fourth-order valence-corrected chi connectivity index (χ4v) is 2.36. The fourth-order valence-electron chi connectivity index (χ4n) is 2.17. The molecule has 1 aromatic heterocycles. The number of anilines is 1. The molecule has 0 amide bonds. The number of nitrogens with one attached hydrogen (secondary N) is 3. The molecule has 7 heteroatoms. The highest BCUT2D eigenvalue weighted by Gasteiger charge is 2.17. The molecule has 6 nitrogen and oxygen atoms in total. The Morgan fingerprint density at radius 3 is 2.65 bits per heavy atom. The summed E-state index contributed by atoms with van der Waals surface area (Å²) in [7, 11) is 0. The Labute approximate surface area is 139 Å². The summed E-state index contributed by atoms with van der Waals surface area (Å²) in [6.45, 7) is 4.67. The van der Waals surface area contributed by atoms with Gasteiger partial charge in [-0.2, -0.15) is 0 Å². The molecule has 2 aromatic rings. The number of nitrogens with zero attached hydrogens (tertiary/aromatic N) is 1. The van der Waals surface area contributed by atoms with Gasteiger partial charge >= 0.3 is 5.69 Å². The van der Waals surface area contributed by atoms with Crippen LogP contribution in [0, 0.1) is 0 Å². The zero-order valence-electron chi connectivity index (χ0n) is 13.2. The zero-order chi connectivity index (χ0) is 16.9. The van der Waals surface area contributed by atoms with Crippen molar-refractivity contribution in [1.82, 2.24) is 15.0 Å². The quantitative estimate of drug-likeness (QED) is 0.678. The fraction of sp³-hybridized carbons (Fsp3) is 0.375. The van der Waals surface area contributed by atoms with Gasteiger partial charge in [0.1, 0.15) is 0 Å². The highest BCUT2D eigenvalue weighted by atomic mass is 35.5. The van der Waals surface area contributed by atoms with Crippen molar-refractivity contribution < 1.29 is 0 Å². The first-order valence-electron chi connectivity index (χ1n) is 7.45. The lowest BCUT2D eigenvalue weighted by Crippen LogP contribution is -2.43. The molecule has 0 saturated heterocycles. The summed E-state index contributed by atoms with van der Waals surface area (Å²) in [6.07, 6.45) is 3.13. The van der Waals surface area contributed by atoms with Crippen molar-refractivity contribution in [2.45, 2.75) is 38.8 Å². The van der Waals surface area contributed by atoms with Crippen LogP contribution in [-0.2, 0) is 6.54 Å². The van der Waals surface area contributed by atoms with Crippen molar-refractivity contribution >= 4 is 17.3 Å². The molecule has 0 unspecified atom stereocenters. The Kier molecular flexibility index (Phi) is 5.63. The molecule has 0 atom stereocenters. The molecule has 0 bridgehead atoms. The van der Waals surface area contributed by atoms with Gasteiger partial charge in [-0.05, 0) is 38.8 Å². The Hall–Kier alpha value is -2.05. The summed E-state index contributed by atoms with van der Waals surface area (Å²) in [5.41, 5.74) is 6.24. The highest BCUT2D eigenvalue weighted by molar-refractivity contribution is 6.33. The van der Waals surface area contributed by atoms with Crippen molar-refractivity contribution in [1.29, 1.82) is 0 Å². The molecule has 0 saturated carbocycles. The maximum absolute atomic E-state index is 11.6. The first-order chi connectivity index (χ1) is 10.9. The van der Waals surface area contributed by atoms with Gasteiger partial charge in [-0.25, -0.2) is 10.2 Å². The summed E-state index contributed by atoms with van der Waals surface area (Å²) in [6, 6.07) is 8.85. The second-order valence-corrected chi connectivity index (χ2v) is 6.43. The molecule has 0 aliphatic rings. The zero-order valence-corrected chi connectivity index (χ0v) is 14.0. The van der Waals surface area contributed by atoms with E-state index in [0.717, 1.165) is 18.5 Å². The van der Waals surface area contributed by atoms with E-state index in [1.807, 2.05) is 24.3 Å². The number of benzene rings is 1. The first kappa shape index (κ1) is 17.3. The van der Waals surface area contributed by atoms with E-state index >= 15 is 0 Å². The number of aromatic amines is 1. The average molecular weight is 337 g/mol. The number of halogens is 1. The average Bonchev–Trinajstić information content (AvgIpc) is 2.49. The number of H-pyrrole nitrogens is 1. The molecule has 0 radical (unpaired) electrons. The first-order valence-corrected chi connectivity index (χ1v) is 7.83. The van der Waals surface area contributed by atoms with E-state index in [2.05, 4.69) is 29.7 Å². The summed E-state index contributed by atoms with van der Waals surface area (Å²) in [4.78, 5) is 24.9. The smallest absolute Gasteiger partial charge is 0.320 e. The van der Waals surface area contributed by atoms with E-state index in [1.165, 1.54) is 16.8 Å². The number of aryl methyl sites for hydroxylation is 1. The van der Waals surface area contributed by atoms with Gasteiger partial charge in [0, 0.05) is 24.3 Å². The van der Waals surface area contributed by atoms with E-state index in [9.17, 15) is 9.59 Å². The van der Waals surface area contributed by atoms with E-state index in [0.29, 0.717) is 11.6 Å². The van der Waals surface area contributed by atoms with Gasteiger partial charge in [0.05, 0.1) is 10.7 Å². The third-order valence-corrected chi connectivity index (χ3v) is 3.84. The second-order valence-electron chi connectivity index (χ2n) is 6.02. The molecule has 23 heavy (non-hydrogen) atoms. The Morgan fingerprint density at radius 2 is 1.96 bits per heavy atom. The van der Waals surface area contributed by atoms with E-state index in [-0.39, 0.29) is 16.8 Å². The Morgan fingerprint density at radius 1 is 1.22 bits per heavy atom. The van der Waals surface area contributed by atoms with Gasteiger partial charge in [-0.3, -0.25) is 9.78 Å². The molecule has 0 spiro atoms. The van der Waals surface area contributed by atoms with Crippen LogP contribution < -0.4 is 22.1 Å². The third-order valence-electron chi connectivity index (χ3n) is 3.51. The van der Waals surface area contributed by atoms with Crippen molar-refractivity contribution in [2.24, 2.45) is 0 Å². The van der Waals surface area contributed by atoms with Crippen LogP contribution in [0.5, 0.6) is 0 Å². The van der Waals surface area contributed by atoms with E-state index in [1.54, 1.807) is 0 Å². The lowest BCUT2D eigenvalue weighted by Gasteiger charge is -2.27. The lowest BCUT2D eigenvalue weighted by molar-refractivity contribution is 0.366. The van der Waals surface area contributed by atoms with Gasteiger partial charge in [-0.15, -0.1) is 0 Å². The van der Waals surface area contributed by atoms with Crippen molar-refractivity contribution in [3.05, 3.63) is 62.4 Å². The molecule has 0 fully saturated rings. The summed E-state index contributed by atoms with van der Waals surface area (Å²) < 4.78 is 1.50. The van der Waals surface area contributed by atoms with Gasteiger partial charge in [0.15, 0.2) is 0 Å². The van der Waals surface area contributed by atoms with Crippen LogP contribution in [0.3, 0.4) is 0 Å². The molecule has 0 aliphatic carbocycles. The molecule has 0 aliphatic heterocycles. The number of hydrogen-bond donors (Lipinski definition) is 3. The Balaban J connectivity index is 1.85. The topological polar surface area (TPSA) is 78.9 Å². The van der Waals surface area contributed by atoms with Gasteiger partial charge in [0.25, 0.3) is 5.56 Å². The molecule has 2 rings (SSSR count). The molecular weight excluding hydrogens is 316 g/mol. The number of para-hydroxylation sites is 1.